The third-order valence-corrected chi connectivity index (χ3v) is 8.05. The molecule has 1 aliphatic rings. The quantitative estimate of drug-likeness (QED) is 0.330. The second kappa shape index (κ2) is 13.5. The lowest BCUT2D eigenvalue weighted by molar-refractivity contribution is -0.139. The van der Waals surface area contributed by atoms with Crippen LogP contribution < -0.4 is 5.32 Å². The van der Waals surface area contributed by atoms with Crippen molar-refractivity contribution in [2.45, 2.75) is 70.3 Å². The van der Waals surface area contributed by atoms with Crippen molar-refractivity contribution in [2.24, 2.45) is 0 Å². The van der Waals surface area contributed by atoms with Crippen LogP contribution in [0, 0.1) is 13.8 Å². The van der Waals surface area contributed by atoms with Crippen molar-refractivity contribution in [1.82, 2.24) is 10.2 Å². The molecule has 1 aliphatic carbocycles. The maximum Gasteiger partial charge on any atom is 0.243 e. The Hall–Kier alpha value is -3.05. The molecule has 3 aromatic rings. The first kappa shape index (κ1) is 27.0. The van der Waals surface area contributed by atoms with E-state index in [1.54, 1.807) is 11.8 Å². The van der Waals surface area contributed by atoms with Gasteiger partial charge in [0.05, 0.1) is 5.75 Å². The summed E-state index contributed by atoms with van der Waals surface area (Å²) in [5.41, 5.74) is 5.70. The van der Waals surface area contributed by atoms with Gasteiger partial charge in [-0.1, -0.05) is 103 Å². The number of thioether (sulfide) groups is 1. The summed E-state index contributed by atoms with van der Waals surface area (Å²) in [6.07, 6.45) is 4.83. The molecule has 37 heavy (non-hydrogen) atoms. The zero-order valence-corrected chi connectivity index (χ0v) is 22.8. The monoisotopic (exact) mass is 514 g/mol. The van der Waals surface area contributed by atoms with E-state index >= 15 is 0 Å². The van der Waals surface area contributed by atoms with Gasteiger partial charge in [-0.25, -0.2) is 0 Å². The number of hydrogen-bond donors (Lipinski definition) is 1. The van der Waals surface area contributed by atoms with Gasteiger partial charge in [0.15, 0.2) is 0 Å². The van der Waals surface area contributed by atoms with Crippen molar-refractivity contribution in [3.63, 3.8) is 0 Å². The summed E-state index contributed by atoms with van der Waals surface area (Å²) in [5, 5.41) is 3.28. The van der Waals surface area contributed by atoms with Crippen LogP contribution in [0.3, 0.4) is 0 Å². The Kier molecular flexibility index (Phi) is 9.84. The van der Waals surface area contributed by atoms with Crippen molar-refractivity contribution >= 4 is 23.6 Å². The molecule has 4 rings (SSSR count). The summed E-state index contributed by atoms with van der Waals surface area (Å²) in [7, 11) is 0. The van der Waals surface area contributed by atoms with Crippen LogP contribution in [0.15, 0.2) is 78.9 Å². The lowest BCUT2D eigenvalue weighted by Gasteiger charge is -2.32. The lowest BCUT2D eigenvalue weighted by Crippen LogP contribution is -2.52. The van der Waals surface area contributed by atoms with Gasteiger partial charge in [-0.15, -0.1) is 11.8 Å². The molecule has 0 saturated heterocycles. The van der Waals surface area contributed by atoms with Gasteiger partial charge < -0.3 is 10.2 Å². The molecule has 0 spiro atoms. The van der Waals surface area contributed by atoms with Crippen molar-refractivity contribution in [1.29, 1.82) is 0 Å². The molecule has 0 aliphatic heterocycles. The molecular weight excluding hydrogens is 476 g/mol. The third-order valence-electron chi connectivity index (χ3n) is 7.06. The number of nitrogens with zero attached hydrogens (tertiary/aromatic N) is 1. The molecule has 1 atom stereocenters. The van der Waals surface area contributed by atoms with E-state index in [9.17, 15) is 9.59 Å². The molecule has 0 aromatic heterocycles. The summed E-state index contributed by atoms with van der Waals surface area (Å²) >= 11 is 1.61. The first-order valence-corrected chi connectivity index (χ1v) is 14.5. The fourth-order valence-corrected chi connectivity index (χ4v) is 5.71. The van der Waals surface area contributed by atoms with E-state index in [0.29, 0.717) is 18.7 Å². The van der Waals surface area contributed by atoms with Crippen LogP contribution in [0.5, 0.6) is 0 Å². The Bertz CT molecular complexity index is 1140. The van der Waals surface area contributed by atoms with E-state index in [1.807, 2.05) is 35.2 Å². The molecule has 1 saturated carbocycles. The van der Waals surface area contributed by atoms with Crippen LogP contribution in [-0.2, 0) is 28.3 Å². The van der Waals surface area contributed by atoms with E-state index in [-0.39, 0.29) is 17.9 Å². The van der Waals surface area contributed by atoms with Crippen LogP contribution in [0.2, 0.25) is 0 Å². The van der Waals surface area contributed by atoms with Crippen LogP contribution in [0.1, 0.15) is 53.5 Å². The number of rotatable bonds is 11. The minimum absolute atomic E-state index is 0.000176. The van der Waals surface area contributed by atoms with Gasteiger partial charge >= 0.3 is 0 Å². The van der Waals surface area contributed by atoms with Gasteiger partial charge in [0.1, 0.15) is 6.04 Å². The number of amides is 2. The Morgan fingerprint density at radius 2 is 1.43 bits per heavy atom. The first-order chi connectivity index (χ1) is 18.0. The molecule has 0 radical (unpaired) electrons. The van der Waals surface area contributed by atoms with Crippen molar-refractivity contribution in [3.8, 4) is 0 Å². The zero-order chi connectivity index (χ0) is 26.0. The number of hydrogen-bond acceptors (Lipinski definition) is 3. The number of benzene rings is 3. The highest BCUT2D eigenvalue weighted by Crippen LogP contribution is 2.21. The van der Waals surface area contributed by atoms with Crippen LogP contribution in [-0.4, -0.2) is 34.6 Å². The average Bonchev–Trinajstić information content (AvgIpc) is 3.42. The maximum atomic E-state index is 13.8. The predicted octanol–water partition coefficient (Wildman–Crippen LogP) is 6.24. The Morgan fingerprint density at radius 1 is 0.838 bits per heavy atom. The second-order valence-corrected chi connectivity index (χ2v) is 11.2. The molecule has 0 heterocycles. The predicted molar refractivity (Wildman–Crippen MR) is 153 cm³/mol. The highest BCUT2D eigenvalue weighted by molar-refractivity contribution is 7.99. The van der Waals surface area contributed by atoms with Gasteiger partial charge in [0, 0.05) is 24.8 Å². The summed E-state index contributed by atoms with van der Waals surface area (Å²) < 4.78 is 0. The Labute approximate surface area is 225 Å². The first-order valence-electron chi connectivity index (χ1n) is 13.3. The molecule has 194 valence electrons. The van der Waals surface area contributed by atoms with Gasteiger partial charge in [0.2, 0.25) is 11.8 Å². The number of carbonyl (C=O) groups is 2. The van der Waals surface area contributed by atoms with Crippen molar-refractivity contribution in [3.05, 3.63) is 107 Å². The number of nitrogens with one attached hydrogen (secondary N) is 1. The molecule has 1 unspecified atom stereocenters. The third kappa shape index (κ3) is 8.22. The van der Waals surface area contributed by atoms with Crippen molar-refractivity contribution in [2.75, 3.05) is 5.75 Å². The van der Waals surface area contributed by atoms with Crippen molar-refractivity contribution < 1.29 is 9.59 Å². The summed E-state index contributed by atoms with van der Waals surface area (Å²) in [4.78, 5) is 29.3. The van der Waals surface area contributed by atoms with E-state index in [1.165, 1.54) is 16.7 Å². The highest BCUT2D eigenvalue weighted by Gasteiger charge is 2.32. The fraction of sp³-hybridized carbons (Fsp3) is 0.375. The second-order valence-electron chi connectivity index (χ2n) is 10.2. The smallest absolute Gasteiger partial charge is 0.243 e. The van der Waals surface area contributed by atoms with E-state index < -0.39 is 6.04 Å². The average molecular weight is 515 g/mol. The molecule has 5 heteroatoms. The van der Waals surface area contributed by atoms with E-state index in [0.717, 1.165) is 42.6 Å². The number of carbonyl (C=O) groups excluding carboxylic acids is 2. The maximum absolute atomic E-state index is 13.8. The van der Waals surface area contributed by atoms with Gasteiger partial charge in [-0.05, 0) is 43.4 Å². The topological polar surface area (TPSA) is 49.4 Å². The normalized spacial score (nSPS) is 14.3. The lowest BCUT2D eigenvalue weighted by atomic mass is 10.0. The highest BCUT2D eigenvalue weighted by atomic mass is 32.2. The fourth-order valence-electron chi connectivity index (χ4n) is 4.84. The van der Waals surface area contributed by atoms with Crippen LogP contribution in [0.4, 0.5) is 0 Å². The number of aryl methyl sites for hydroxylation is 2. The molecule has 1 fully saturated rings. The van der Waals surface area contributed by atoms with Gasteiger partial charge in [-0.3, -0.25) is 9.59 Å². The van der Waals surface area contributed by atoms with Gasteiger partial charge in [0.25, 0.3) is 0 Å². The Morgan fingerprint density at radius 3 is 2.05 bits per heavy atom. The molecule has 1 N–H and O–H groups in total. The molecule has 0 bridgehead atoms. The molecule has 4 nitrogen and oxygen atoms in total. The molecular formula is C32H38N2O2S. The zero-order valence-electron chi connectivity index (χ0n) is 22.0. The standard InChI is InChI=1S/C32H38N2O2S/c1-24-12-16-27(17-13-24)21-34(31(35)23-37-22-28-18-14-25(2)15-19-28)30(20-26-8-4-3-5-9-26)32(36)33-29-10-6-7-11-29/h3-5,8-9,12-19,29-30H,6-7,10-11,20-23H2,1-2H3,(H,33,36). The van der Waals surface area contributed by atoms with E-state index in [4.69, 9.17) is 0 Å². The summed E-state index contributed by atoms with van der Waals surface area (Å²) in [6.45, 7) is 4.55. The van der Waals surface area contributed by atoms with Crippen LogP contribution >= 0.6 is 11.8 Å². The van der Waals surface area contributed by atoms with Crippen LogP contribution in [0.25, 0.3) is 0 Å². The summed E-state index contributed by atoms with van der Waals surface area (Å²) in [6, 6.07) is 26.4. The largest absolute Gasteiger partial charge is 0.352 e. The van der Waals surface area contributed by atoms with E-state index in [2.05, 4.69) is 67.7 Å². The molecule has 3 aromatic carbocycles. The summed E-state index contributed by atoms with van der Waals surface area (Å²) in [5.74, 6) is 1.06. The van der Waals surface area contributed by atoms with Gasteiger partial charge in [-0.2, -0.15) is 0 Å². The minimum Gasteiger partial charge on any atom is -0.352 e. The minimum atomic E-state index is -0.559. The SMILES string of the molecule is Cc1ccc(CSCC(=O)N(Cc2ccc(C)cc2)C(Cc2ccccc2)C(=O)NC2CCCC2)cc1. The molecule has 2 amide bonds. The Balaban J connectivity index is 1.55.